The number of anilines is 1. The Hall–Kier alpha value is -3.94. The Morgan fingerprint density at radius 2 is 1.83 bits per heavy atom. The summed E-state index contributed by atoms with van der Waals surface area (Å²) in [5.74, 6) is -0.150. The molecule has 8 heteroatoms. The molecule has 0 atom stereocenters. The summed E-state index contributed by atoms with van der Waals surface area (Å²) in [6.45, 7) is 0.825. The van der Waals surface area contributed by atoms with E-state index in [1.807, 2.05) is 18.2 Å². The van der Waals surface area contributed by atoms with Crippen LogP contribution in [-0.2, 0) is 19.7 Å². The molecule has 1 amide bonds. The van der Waals surface area contributed by atoms with Gasteiger partial charge >= 0.3 is 0 Å². The molecule has 0 saturated carbocycles. The smallest absolute Gasteiger partial charge is 0.276 e. The van der Waals surface area contributed by atoms with Crippen LogP contribution in [0.3, 0.4) is 0 Å². The second-order valence-electron chi connectivity index (χ2n) is 6.65. The third-order valence-electron chi connectivity index (χ3n) is 4.41. The molecule has 4 aromatic rings. The summed E-state index contributed by atoms with van der Waals surface area (Å²) < 4.78 is 21.7. The van der Waals surface area contributed by atoms with Crippen molar-refractivity contribution in [2.45, 2.75) is 19.7 Å². The molecule has 152 valence electrons. The molecule has 2 heterocycles. The van der Waals surface area contributed by atoms with E-state index >= 15 is 0 Å². The van der Waals surface area contributed by atoms with Crippen LogP contribution in [0.2, 0.25) is 0 Å². The molecule has 0 unspecified atom stereocenters. The second-order valence-corrected chi connectivity index (χ2v) is 6.65. The van der Waals surface area contributed by atoms with Crippen molar-refractivity contribution in [3.8, 4) is 5.75 Å². The predicted octanol–water partition coefficient (Wildman–Crippen LogP) is 3.75. The molecular weight excluding hydrogens is 385 g/mol. The highest BCUT2D eigenvalue weighted by Crippen LogP contribution is 2.12. The highest BCUT2D eigenvalue weighted by atomic mass is 19.1. The number of hydrogen-bond acceptors (Lipinski definition) is 4. The molecule has 0 saturated heterocycles. The van der Waals surface area contributed by atoms with Gasteiger partial charge in [-0.15, -0.1) is 0 Å². The van der Waals surface area contributed by atoms with E-state index in [0.717, 1.165) is 13.0 Å². The van der Waals surface area contributed by atoms with E-state index in [4.69, 9.17) is 4.74 Å². The van der Waals surface area contributed by atoms with Gasteiger partial charge in [0.05, 0.1) is 11.9 Å². The third-order valence-corrected chi connectivity index (χ3v) is 4.41. The molecular formula is C22H20FN5O2. The lowest BCUT2D eigenvalue weighted by atomic mass is 10.1. The first kappa shape index (κ1) is 19.4. The first-order valence-corrected chi connectivity index (χ1v) is 9.45. The first-order chi connectivity index (χ1) is 14.7. The van der Waals surface area contributed by atoms with Crippen LogP contribution in [0.5, 0.6) is 5.75 Å². The molecule has 4 rings (SSSR count). The largest absolute Gasteiger partial charge is 0.471 e. The van der Waals surface area contributed by atoms with Crippen LogP contribution in [-0.4, -0.2) is 25.5 Å². The number of nitrogens with one attached hydrogen (secondary N) is 1. The zero-order chi connectivity index (χ0) is 20.8. The van der Waals surface area contributed by atoms with Crippen LogP contribution in [0.25, 0.3) is 0 Å². The van der Waals surface area contributed by atoms with Crippen molar-refractivity contribution >= 4 is 11.6 Å². The van der Waals surface area contributed by atoms with E-state index in [9.17, 15) is 9.18 Å². The Kier molecular flexibility index (Phi) is 5.84. The number of aryl methyl sites for hydroxylation is 2. The van der Waals surface area contributed by atoms with Gasteiger partial charge in [0, 0.05) is 18.9 Å². The van der Waals surface area contributed by atoms with Crippen LogP contribution < -0.4 is 10.1 Å². The lowest BCUT2D eigenvalue weighted by Crippen LogP contribution is -2.14. The maximum Gasteiger partial charge on any atom is 0.276 e. The van der Waals surface area contributed by atoms with Crippen molar-refractivity contribution in [3.63, 3.8) is 0 Å². The Morgan fingerprint density at radius 3 is 2.63 bits per heavy atom. The van der Waals surface area contributed by atoms with Gasteiger partial charge in [-0.1, -0.05) is 30.3 Å². The van der Waals surface area contributed by atoms with Crippen molar-refractivity contribution in [3.05, 3.63) is 96.3 Å². The number of ether oxygens (including phenoxy) is 1. The van der Waals surface area contributed by atoms with Crippen LogP contribution in [0.4, 0.5) is 10.1 Å². The lowest BCUT2D eigenvalue weighted by molar-refractivity contribution is 0.102. The molecule has 0 aliphatic rings. The van der Waals surface area contributed by atoms with E-state index in [2.05, 4.69) is 27.6 Å². The van der Waals surface area contributed by atoms with Gasteiger partial charge in [-0.3, -0.25) is 9.48 Å². The monoisotopic (exact) mass is 405 g/mol. The molecule has 7 nitrogen and oxygen atoms in total. The number of amides is 1. The van der Waals surface area contributed by atoms with Gasteiger partial charge in [0.2, 0.25) is 0 Å². The van der Waals surface area contributed by atoms with Crippen LogP contribution in [0.15, 0.2) is 79.3 Å². The van der Waals surface area contributed by atoms with Crippen LogP contribution in [0, 0.1) is 5.82 Å². The second kappa shape index (κ2) is 9.04. The number of nitrogens with zero attached hydrogens (tertiary/aromatic N) is 4. The average molecular weight is 405 g/mol. The van der Waals surface area contributed by atoms with Gasteiger partial charge in [0.25, 0.3) is 5.91 Å². The standard InChI is InChI=1S/C22H20FN5O2/c23-18-6-8-20(9-7-18)30-16-28-13-11-21(26-28)22(29)25-19-14-24-27(15-19)12-10-17-4-2-1-3-5-17/h1-9,11,13-15H,10,12,16H2,(H,25,29). The number of benzene rings is 2. The first-order valence-electron chi connectivity index (χ1n) is 9.45. The van der Waals surface area contributed by atoms with E-state index in [-0.39, 0.29) is 24.1 Å². The van der Waals surface area contributed by atoms with Gasteiger partial charge in [0.1, 0.15) is 11.6 Å². The van der Waals surface area contributed by atoms with Gasteiger partial charge in [-0.25, -0.2) is 9.07 Å². The quantitative estimate of drug-likeness (QED) is 0.485. The number of halogens is 1. The molecule has 0 fully saturated rings. The van der Waals surface area contributed by atoms with E-state index < -0.39 is 0 Å². The summed E-state index contributed by atoms with van der Waals surface area (Å²) in [6.07, 6.45) is 5.89. The third kappa shape index (κ3) is 5.11. The highest BCUT2D eigenvalue weighted by Gasteiger charge is 2.11. The van der Waals surface area contributed by atoms with Gasteiger partial charge in [-0.2, -0.15) is 10.2 Å². The maximum atomic E-state index is 12.9. The zero-order valence-corrected chi connectivity index (χ0v) is 16.1. The minimum atomic E-state index is -0.335. The summed E-state index contributed by atoms with van der Waals surface area (Å²) in [5.41, 5.74) is 2.09. The number of carbonyl (C=O) groups excluding carboxylic acids is 1. The molecule has 0 aliphatic carbocycles. The number of aromatic nitrogens is 4. The fourth-order valence-electron chi connectivity index (χ4n) is 2.86. The van der Waals surface area contributed by atoms with Crippen molar-refractivity contribution in [2.24, 2.45) is 0 Å². The number of carbonyl (C=O) groups is 1. The molecule has 2 aromatic carbocycles. The summed E-state index contributed by atoms with van der Waals surface area (Å²) in [4.78, 5) is 12.4. The number of rotatable bonds is 8. The number of hydrogen-bond donors (Lipinski definition) is 1. The fourth-order valence-corrected chi connectivity index (χ4v) is 2.86. The summed E-state index contributed by atoms with van der Waals surface area (Å²) in [7, 11) is 0. The Balaban J connectivity index is 1.29. The van der Waals surface area contributed by atoms with Crippen molar-refractivity contribution in [1.29, 1.82) is 0 Å². The van der Waals surface area contributed by atoms with Crippen molar-refractivity contribution < 1.29 is 13.9 Å². The summed E-state index contributed by atoms with van der Waals surface area (Å²) >= 11 is 0. The molecule has 0 aliphatic heterocycles. The van der Waals surface area contributed by atoms with Crippen molar-refractivity contribution in [1.82, 2.24) is 19.6 Å². The predicted molar refractivity (Wildman–Crippen MR) is 110 cm³/mol. The van der Waals surface area contributed by atoms with Gasteiger partial charge < -0.3 is 10.1 Å². The molecule has 2 aromatic heterocycles. The van der Waals surface area contributed by atoms with Crippen molar-refractivity contribution in [2.75, 3.05) is 5.32 Å². The zero-order valence-electron chi connectivity index (χ0n) is 16.1. The maximum absolute atomic E-state index is 12.9. The molecule has 0 bridgehead atoms. The highest BCUT2D eigenvalue weighted by molar-refractivity contribution is 6.02. The Bertz CT molecular complexity index is 1110. The van der Waals surface area contributed by atoms with Crippen LogP contribution in [0.1, 0.15) is 16.1 Å². The van der Waals surface area contributed by atoms with E-state index in [0.29, 0.717) is 11.4 Å². The van der Waals surface area contributed by atoms with Crippen LogP contribution >= 0.6 is 0 Å². The lowest BCUT2D eigenvalue weighted by Gasteiger charge is -2.05. The van der Waals surface area contributed by atoms with E-state index in [1.54, 1.807) is 29.3 Å². The summed E-state index contributed by atoms with van der Waals surface area (Å²) in [5, 5.41) is 11.3. The molecule has 30 heavy (non-hydrogen) atoms. The average Bonchev–Trinajstić information content (AvgIpc) is 3.42. The molecule has 0 radical (unpaired) electrons. The van der Waals surface area contributed by atoms with E-state index in [1.165, 1.54) is 34.5 Å². The van der Waals surface area contributed by atoms with Gasteiger partial charge in [-0.05, 0) is 42.3 Å². The summed E-state index contributed by atoms with van der Waals surface area (Å²) in [6, 6.07) is 17.4. The minimum absolute atomic E-state index is 0.107. The normalized spacial score (nSPS) is 10.7. The topological polar surface area (TPSA) is 74.0 Å². The fraction of sp³-hybridized carbons (Fsp3) is 0.136. The Labute approximate surface area is 172 Å². The Morgan fingerprint density at radius 1 is 1.03 bits per heavy atom. The molecule has 1 N–H and O–H groups in total. The minimum Gasteiger partial charge on any atom is -0.471 e. The SMILES string of the molecule is O=C(Nc1cnn(CCc2ccccc2)c1)c1ccn(COc2ccc(F)cc2)n1. The molecule has 0 spiro atoms. The van der Waals surface area contributed by atoms with Gasteiger partial charge in [0.15, 0.2) is 12.4 Å².